The van der Waals surface area contributed by atoms with Crippen LogP contribution in [0, 0.1) is 0 Å². The van der Waals surface area contributed by atoms with Crippen molar-refractivity contribution in [3.8, 4) is 0 Å². The minimum absolute atomic E-state index is 0.0224. The lowest BCUT2D eigenvalue weighted by molar-refractivity contribution is -0.115. The fourth-order valence-electron chi connectivity index (χ4n) is 1.23. The Hall–Kier alpha value is -1.62. The maximum Gasteiger partial charge on any atom is 0.225 e. The molecular formula is C12H20N4O. The van der Waals surface area contributed by atoms with Crippen molar-refractivity contribution >= 4 is 17.4 Å². The van der Waals surface area contributed by atoms with Crippen LogP contribution in [-0.2, 0) is 4.79 Å². The number of hydrogen-bond donors (Lipinski definition) is 2. The Morgan fingerprint density at radius 2 is 2.18 bits per heavy atom. The first-order valence-electron chi connectivity index (χ1n) is 5.76. The molecule has 0 fully saturated rings. The summed E-state index contributed by atoms with van der Waals surface area (Å²) in [6.45, 7) is 3.65. The first-order valence-corrected chi connectivity index (χ1v) is 5.76. The van der Waals surface area contributed by atoms with E-state index in [1.54, 1.807) is 12.3 Å². The molecule has 17 heavy (non-hydrogen) atoms. The number of amides is 1. The number of likely N-dealkylation sites (N-methyl/N-ethyl adjacent to an activating group) is 1. The quantitative estimate of drug-likeness (QED) is 0.784. The van der Waals surface area contributed by atoms with Crippen molar-refractivity contribution < 1.29 is 4.79 Å². The van der Waals surface area contributed by atoms with Gasteiger partial charge in [-0.1, -0.05) is 6.92 Å². The zero-order chi connectivity index (χ0) is 12.7. The summed E-state index contributed by atoms with van der Waals surface area (Å²) in [5.74, 6) is 0.570. The van der Waals surface area contributed by atoms with E-state index in [0.717, 1.165) is 18.8 Å². The van der Waals surface area contributed by atoms with E-state index in [0.29, 0.717) is 12.2 Å². The standard InChI is InChI=1S/C12H20N4O/c1-4-12(17)15-11-6-5-10(9-14-11)13-7-8-16(2)3/h5-6,9,13H,4,7-8H2,1-3H3,(H,14,15,17). The van der Waals surface area contributed by atoms with E-state index in [2.05, 4.69) is 20.5 Å². The van der Waals surface area contributed by atoms with Gasteiger partial charge in [-0.05, 0) is 26.2 Å². The van der Waals surface area contributed by atoms with Gasteiger partial charge in [-0.3, -0.25) is 4.79 Å². The normalized spacial score (nSPS) is 10.4. The summed E-state index contributed by atoms with van der Waals surface area (Å²) < 4.78 is 0. The van der Waals surface area contributed by atoms with Crippen molar-refractivity contribution in [2.45, 2.75) is 13.3 Å². The number of rotatable bonds is 6. The molecule has 0 saturated heterocycles. The lowest BCUT2D eigenvalue weighted by atomic mass is 10.3. The van der Waals surface area contributed by atoms with Gasteiger partial charge in [0.2, 0.25) is 5.91 Å². The van der Waals surface area contributed by atoms with Gasteiger partial charge >= 0.3 is 0 Å². The Bertz CT molecular complexity index is 348. The molecule has 0 aliphatic heterocycles. The zero-order valence-corrected chi connectivity index (χ0v) is 10.7. The molecule has 1 heterocycles. The number of anilines is 2. The molecule has 1 amide bonds. The SMILES string of the molecule is CCC(=O)Nc1ccc(NCCN(C)C)cn1. The van der Waals surface area contributed by atoms with Crippen LogP contribution in [0.1, 0.15) is 13.3 Å². The summed E-state index contributed by atoms with van der Waals surface area (Å²) in [5.41, 5.74) is 0.960. The number of carbonyl (C=O) groups is 1. The molecule has 1 aromatic heterocycles. The summed E-state index contributed by atoms with van der Waals surface area (Å²) in [6, 6.07) is 3.71. The number of hydrogen-bond acceptors (Lipinski definition) is 4. The van der Waals surface area contributed by atoms with Crippen molar-refractivity contribution in [2.75, 3.05) is 37.8 Å². The highest BCUT2D eigenvalue weighted by atomic mass is 16.1. The van der Waals surface area contributed by atoms with Gasteiger partial charge < -0.3 is 15.5 Å². The maximum atomic E-state index is 11.1. The number of nitrogens with one attached hydrogen (secondary N) is 2. The van der Waals surface area contributed by atoms with Gasteiger partial charge in [-0.2, -0.15) is 0 Å². The minimum Gasteiger partial charge on any atom is -0.383 e. The van der Waals surface area contributed by atoms with E-state index in [9.17, 15) is 4.79 Å². The molecule has 0 radical (unpaired) electrons. The zero-order valence-electron chi connectivity index (χ0n) is 10.7. The average molecular weight is 236 g/mol. The fourth-order valence-corrected chi connectivity index (χ4v) is 1.23. The Kier molecular flexibility index (Phi) is 5.42. The Balaban J connectivity index is 2.42. The molecule has 1 rings (SSSR count). The van der Waals surface area contributed by atoms with Gasteiger partial charge in [0, 0.05) is 19.5 Å². The second-order valence-electron chi connectivity index (χ2n) is 4.06. The topological polar surface area (TPSA) is 57.3 Å². The van der Waals surface area contributed by atoms with Crippen LogP contribution in [0.3, 0.4) is 0 Å². The second kappa shape index (κ2) is 6.85. The van der Waals surface area contributed by atoms with Gasteiger partial charge in [-0.25, -0.2) is 4.98 Å². The first-order chi connectivity index (χ1) is 8.11. The number of nitrogens with zero attached hydrogens (tertiary/aromatic N) is 2. The summed E-state index contributed by atoms with van der Waals surface area (Å²) in [7, 11) is 4.06. The largest absolute Gasteiger partial charge is 0.383 e. The van der Waals surface area contributed by atoms with E-state index in [1.165, 1.54) is 0 Å². The summed E-state index contributed by atoms with van der Waals surface area (Å²) >= 11 is 0. The van der Waals surface area contributed by atoms with Crippen molar-refractivity contribution in [3.05, 3.63) is 18.3 Å². The smallest absolute Gasteiger partial charge is 0.225 e. The molecule has 2 N–H and O–H groups in total. The average Bonchev–Trinajstić information content (AvgIpc) is 2.31. The summed E-state index contributed by atoms with van der Waals surface area (Å²) in [4.78, 5) is 17.4. The Labute approximate surface area is 102 Å². The van der Waals surface area contributed by atoms with E-state index >= 15 is 0 Å². The molecule has 0 aliphatic carbocycles. The predicted molar refractivity (Wildman–Crippen MR) is 70.2 cm³/mol. The molecule has 0 aromatic carbocycles. The van der Waals surface area contributed by atoms with E-state index < -0.39 is 0 Å². The van der Waals surface area contributed by atoms with Gasteiger partial charge in [0.1, 0.15) is 5.82 Å². The lowest BCUT2D eigenvalue weighted by Crippen LogP contribution is -2.20. The number of aromatic nitrogens is 1. The van der Waals surface area contributed by atoms with Crippen LogP contribution < -0.4 is 10.6 Å². The van der Waals surface area contributed by atoms with Crippen molar-refractivity contribution in [1.29, 1.82) is 0 Å². The molecule has 0 atom stereocenters. The van der Waals surface area contributed by atoms with Crippen LogP contribution in [0.5, 0.6) is 0 Å². The molecular weight excluding hydrogens is 216 g/mol. The van der Waals surface area contributed by atoms with Crippen molar-refractivity contribution in [1.82, 2.24) is 9.88 Å². The molecule has 5 nitrogen and oxygen atoms in total. The number of carbonyl (C=O) groups excluding carboxylic acids is 1. The highest BCUT2D eigenvalue weighted by molar-refractivity contribution is 5.89. The molecule has 0 unspecified atom stereocenters. The minimum atomic E-state index is -0.0224. The molecule has 0 bridgehead atoms. The first kappa shape index (κ1) is 13.4. The molecule has 94 valence electrons. The third kappa shape index (κ3) is 5.31. The van der Waals surface area contributed by atoms with Crippen LogP contribution in [0.15, 0.2) is 18.3 Å². The van der Waals surface area contributed by atoms with Crippen LogP contribution >= 0.6 is 0 Å². The van der Waals surface area contributed by atoms with Gasteiger partial charge in [0.15, 0.2) is 0 Å². The number of pyridine rings is 1. The summed E-state index contributed by atoms with van der Waals surface area (Å²) in [5, 5.41) is 5.96. The highest BCUT2D eigenvalue weighted by Gasteiger charge is 2.00. The summed E-state index contributed by atoms with van der Waals surface area (Å²) in [6.07, 6.45) is 2.19. The van der Waals surface area contributed by atoms with Crippen molar-refractivity contribution in [2.24, 2.45) is 0 Å². The second-order valence-corrected chi connectivity index (χ2v) is 4.06. The molecule has 0 saturated carbocycles. The molecule has 0 aliphatic rings. The third-order valence-corrected chi connectivity index (χ3v) is 2.24. The third-order valence-electron chi connectivity index (χ3n) is 2.24. The predicted octanol–water partition coefficient (Wildman–Crippen LogP) is 1.40. The fraction of sp³-hybridized carbons (Fsp3) is 0.500. The Morgan fingerprint density at radius 3 is 2.71 bits per heavy atom. The van der Waals surface area contributed by atoms with E-state index in [-0.39, 0.29) is 5.91 Å². The van der Waals surface area contributed by atoms with E-state index in [1.807, 2.05) is 27.1 Å². The van der Waals surface area contributed by atoms with Gasteiger partial charge in [0.25, 0.3) is 0 Å². The van der Waals surface area contributed by atoms with Crippen LogP contribution in [0.25, 0.3) is 0 Å². The molecule has 1 aromatic rings. The molecule has 5 heteroatoms. The van der Waals surface area contributed by atoms with Gasteiger partial charge in [-0.15, -0.1) is 0 Å². The van der Waals surface area contributed by atoms with Crippen molar-refractivity contribution in [3.63, 3.8) is 0 Å². The van der Waals surface area contributed by atoms with Crippen LogP contribution in [-0.4, -0.2) is 43.0 Å². The monoisotopic (exact) mass is 236 g/mol. The highest BCUT2D eigenvalue weighted by Crippen LogP contribution is 2.09. The van der Waals surface area contributed by atoms with E-state index in [4.69, 9.17) is 0 Å². The van der Waals surface area contributed by atoms with Gasteiger partial charge in [0.05, 0.1) is 11.9 Å². The van der Waals surface area contributed by atoms with Crippen LogP contribution in [0.4, 0.5) is 11.5 Å². The van der Waals surface area contributed by atoms with Crippen LogP contribution in [0.2, 0.25) is 0 Å². The maximum absolute atomic E-state index is 11.1. The lowest BCUT2D eigenvalue weighted by Gasteiger charge is -2.11. The molecule has 0 spiro atoms. The Morgan fingerprint density at radius 1 is 1.41 bits per heavy atom.